The summed E-state index contributed by atoms with van der Waals surface area (Å²) in [6.45, 7) is 0.406. The van der Waals surface area contributed by atoms with Gasteiger partial charge in [0.15, 0.2) is 0 Å². The second-order valence-electron chi connectivity index (χ2n) is 8.51. The fraction of sp³-hybridized carbons (Fsp3) is 0.609. The number of hydrogen-bond donors (Lipinski definition) is 3. The van der Waals surface area contributed by atoms with E-state index in [-0.39, 0.29) is 36.7 Å². The third-order valence-electron chi connectivity index (χ3n) is 6.16. The number of aliphatic carboxylic acids is 1. The van der Waals surface area contributed by atoms with Gasteiger partial charge in [0.05, 0.1) is 12.2 Å². The van der Waals surface area contributed by atoms with Crippen LogP contribution in [0.1, 0.15) is 38.5 Å². The average Bonchev–Trinajstić information content (AvgIpc) is 2.85. The van der Waals surface area contributed by atoms with E-state index in [1.165, 1.54) is 0 Å². The minimum atomic E-state index is -0.993. The molecule has 1 heterocycles. The lowest BCUT2D eigenvalue weighted by Gasteiger charge is -2.21. The molecule has 172 valence electrons. The molecule has 0 unspecified atom stereocenters. The van der Waals surface area contributed by atoms with Crippen molar-refractivity contribution in [3.8, 4) is 5.75 Å². The number of benzene rings is 1. The van der Waals surface area contributed by atoms with Gasteiger partial charge in [-0.05, 0) is 37.5 Å². The van der Waals surface area contributed by atoms with Crippen LogP contribution < -0.4 is 4.74 Å². The molecule has 2 aliphatic rings. The van der Waals surface area contributed by atoms with Crippen molar-refractivity contribution in [3.63, 3.8) is 0 Å². The van der Waals surface area contributed by atoms with E-state index in [1.807, 2.05) is 0 Å². The Labute approximate surface area is 180 Å². The van der Waals surface area contributed by atoms with Gasteiger partial charge in [-0.15, -0.1) is 0 Å². The maximum atomic E-state index is 13.2. The fourth-order valence-corrected chi connectivity index (χ4v) is 4.59. The minimum absolute atomic E-state index is 0.00276. The molecule has 3 N–H and O–H groups in total. The predicted octanol–water partition coefficient (Wildman–Crippen LogP) is 3.31. The van der Waals surface area contributed by atoms with Gasteiger partial charge in [0, 0.05) is 43.6 Å². The molecule has 1 saturated carbocycles. The Kier molecular flexibility index (Phi) is 8.40. The van der Waals surface area contributed by atoms with Crippen LogP contribution in [0.3, 0.4) is 0 Å². The zero-order valence-corrected chi connectivity index (χ0v) is 17.3. The van der Waals surface area contributed by atoms with Gasteiger partial charge in [-0.3, -0.25) is 4.79 Å². The minimum Gasteiger partial charge on any atom is -0.490 e. The Bertz CT molecular complexity index is 750. The van der Waals surface area contributed by atoms with Crippen molar-refractivity contribution in [2.24, 2.45) is 17.8 Å². The van der Waals surface area contributed by atoms with Crippen molar-refractivity contribution in [3.05, 3.63) is 42.0 Å². The first-order valence-electron chi connectivity index (χ1n) is 10.8. The number of fused-ring (bicyclic) bond motifs is 1. The van der Waals surface area contributed by atoms with Crippen LogP contribution in [0, 0.1) is 29.4 Å². The van der Waals surface area contributed by atoms with E-state index in [9.17, 15) is 23.8 Å². The van der Waals surface area contributed by atoms with Crippen LogP contribution in [-0.4, -0.2) is 52.8 Å². The van der Waals surface area contributed by atoms with Gasteiger partial charge < -0.3 is 24.8 Å². The largest absolute Gasteiger partial charge is 0.490 e. The van der Waals surface area contributed by atoms with Gasteiger partial charge in [-0.2, -0.15) is 0 Å². The molecule has 1 aliphatic carbocycles. The molecule has 6 nitrogen and oxygen atoms in total. The molecule has 8 heteroatoms. The van der Waals surface area contributed by atoms with Crippen LogP contribution in [0.15, 0.2) is 30.4 Å². The van der Waals surface area contributed by atoms with E-state index < -0.39 is 29.8 Å². The van der Waals surface area contributed by atoms with E-state index in [1.54, 1.807) is 12.2 Å². The predicted molar refractivity (Wildman–Crippen MR) is 109 cm³/mol. The molecule has 1 aromatic rings. The fourth-order valence-electron chi connectivity index (χ4n) is 4.59. The van der Waals surface area contributed by atoms with Crippen molar-refractivity contribution in [1.29, 1.82) is 0 Å². The summed E-state index contributed by atoms with van der Waals surface area (Å²) in [6.07, 6.45) is 5.61. The summed E-state index contributed by atoms with van der Waals surface area (Å²) in [5, 5.41) is 29.4. The van der Waals surface area contributed by atoms with Crippen LogP contribution in [0.2, 0.25) is 0 Å². The van der Waals surface area contributed by atoms with E-state index in [2.05, 4.69) is 0 Å². The number of carboxylic acids is 1. The van der Waals surface area contributed by atoms with Crippen LogP contribution in [0.5, 0.6) is 5.75 Å². The van der Waals surface area contributed by atoms with Crippen molar-refractivity contribution in [2.45, 2.75) is 56.8 Å². The molecule has 2 fully saturated rings. The Morgan fingerprint density at radius 2 is 2.00 bits per heavy atom. The summed E-state index contributed by atoms with van der Waals surface area (Å²) in [4.78, 5) is 10.7. The Morgan fingerprint density at radius 3 is 2.71 bits per heavy atom. The van der Waals surface area contributed by atoms with Gasteiger partial charge in [-0.1, -0.05) is 12.2 Å². The number of carboxylic acid groups (broad SMARTS) is 1. The highest BCUT2D eigenvalue weighted by Gasteiger charge is 2.43. The molecule has 1 aliphatic heterocycles. The maximum Gasteiger partial charge on any atom is 0.303 e. The highest BCUT2D eigenvalue weighted by Crippen LogP contribution is 2.42. The van der Waals surface area contributed by atoms with E-state index in [0.29, 0.717) is 25.4 Å². The van der Waals surface area contributed by atoms with E-state index in [4.69, 9.17) is 14.6 Å². The molecule has 0 radical (unpaired) electrons. The Morgan fingerprint density at radius 1 is 1.26 bits per heavy atom. The summed E-state index contributed by atoms with van der Waals surface area (Å²) < 4.78 is 37.7. The molecule has 0 bridgehead atoms. The number of carbonyl (C=O) groups is 1. The van der Waals surface area contributed by atoms with Crippen molar-refractivity contribution in [1.82, 2.24) is 0 Å². The summed E-state index contributed by atoms with van der Waals surface area (Å²) in [6, 6.07) is 2.83. The summed E-state index contributed by atoms with van der Waals surface area (Å²) in [7, 11) is 0. The number of aliphatic hydroxyl groups excluding tert-OH is 2. The van der Waals surface area contributed by atoms with Crippen molar-refractivity contribution >= 4 is 5.97 Å². The number of rotatable bonds is 9. The molecule has 0 aromatic heterocycles. The molecule has 1 aromatic carbocycles. The first-order valence-corrected chi connectivity index (χ1v) is 10.8. The summed E-state index contributed by atoms with van der Waals surface area (Å²) in [5.74, 6) is -2.02. The monoisotopic (exact) mass is 440 g/mol. The van der Waals surface area contributed by atoms with Gasteiger partial charge in [0.25, 0.3) is 0 Å². The van der Waals surface area contributed by atoms with Crippen LogP contribution in [0.4, 0.5) is 8.78 Å². The number of ether oxygens (including phenoxy) is 2. The summed E-state index contributed by atoms with van der Waals surface area (Å²) in [5.41, 5.74) is 0. The smallest absolute Gasteiger partial charge is 0.303 e. The normalized spacial score (nSPS) is 29.5. The molecule has 0 amide bonds. The van der Waals surface area contributed by atoms with Crippen LogP contribution in [0.25, 0.3) is 0 Å². The van der Waals surface area contributed by atoms with Crippen molar-refractivity contribution < 1.29 is 38.4 Å². The lowest BCUT2D eigenvalue weighted by molar-refractivity contribution is -0.137. The zero-order chi connectivity index (χ0) is 22.4. The lowest BCUT2D eigenvalue weighted by Crippen LogP contribution is -2.22. The SMILES string of the molecule is O=C(O)CCC[C@H]1CC[C@@H]2[C@@H](/C=C/[C@@H](O)COc3cc(F)cc(F)c3)[C@H](O)C[C@@H]2OC1. The number of aliphatic hydroxyl groups is 2. The van der Waals surface area contributed by atoms with Crippen molar-refractivity contribution in [2.75, 3.05) is 13.2 Å². The molecule has 3 rings (SSSR count). The highest BCUT2D eigenvalue weighted by atomic mass is 19.1. The summed E-state index contributed by atoms with van der Waals surface area (Å²) >= 11 is 0. The number of hydrogen-bond acceptors (Lipinski definition) is 5. The van der Waals surface area contributed by atoms with Gasteiger partial charge in [-0.25, -0.2) is 8.78 Å². The first kappa shape index (κ1) is 23.6. The van der Waals surface area contributed by atoms with E-state index >= 15 is 0 Å². The molecule has 6 atom stereocenters. The molecule has 1 saturated heterocycles. The third-order valence-corrected chi connectivity index (χ3v) is 6.16. The molecule has 0 spiro atoms. The highest BCUT2D eigenvalue weighted by molar-refractivity contribution is 5.66. The first-order chi connectivity index (χ1) is 14.8. The number of halogens is 2. The Hall–Kier alpha value is -2.03. The standard InChI is InChI=1S/C23H30F2O6/c24-15-8-16(25)10-18(9-15)30-13-17(26)5-7-19-20-6-4-14(2-1-3-23(28)29)12-31-22(20)11-21(19)27/h5,7-10,14,17,19-22,26-27H,1-4,6,11-13H2,(H,28,29)/b7-5+/t14-,17+,19+,20+,21+,22-/m0/s1. The van der Waals surface area contributed by atoms with Gasteiger partial charge >= 0.3 is 5.97 Å². The Balaban J connectivity index is 1.50. The topological polar surface area (TPSA) is 96.2 Å². The molecular weight excluding hydrogens is 410 g/mol. The second-order valence-corrected chi connectivity index (χ2v) is 8.51. The molecular formula is C23H30F2O6. The maximum absolute atomic E-state index is 13.2. The zero-order valence-electron chi connectivity index (χ0n) is 17.3. The quantitative estimate of drug-likeness (QED) is 0.510. The second kappa shape index (κ2) is 11.0. The molecule has 31 heavy (non-hydrogen) atoms. The van der Waals surface area contributed by atoms with E-state index in [0.717, 1.165) is 37.5 Å². The van der Waals surface area contributed by atoms with Gasteiger partial charge in [0.2, 0.25) is 0 Å². The average molecular weight is 440 g/mol. The van der Waals surface area contributed by atoms with Gasteiger partial charge in [0.1, 0.15) is 30.1 Å². The van der Waals surface area contributed by atoms with Crippen LogP contribution >= 0.6 is 0 Å². The van der Waals surface area contributed by atoms with Crippen LogP contribution in [-0.2, 0) is 9.53 Å². The third kappa shape index (κ3) is 6.98. The lowest BCUT2D eigenvalue weighted by atomic mass is 9.86.